The van der Waals surface area contributed by atoms with Gasteiger partial charge in [0.25, 0.3) is 5.91 Å². The molecule has 0 heterocycles. The lowest BCUT2D eigenvalue weighted by atomic mass is 10.2. The fourth-order valence-corrected chi connectivity index (χ4v) is 2.14. The monoisotopic (exact) mass is 382 g/mol. The number of nitrogens with one attached hydrogen (secondary N) is 1. The molecule has 114 valence electrons. The third-order valence-corrected chi connectivity index (χ3v) is 3.56. The Hall–Kier alpha value is -2.05. The van der Waals surface area contributed by atoms with E-state index in [9.17, 15) is 9.59 Å². The van der Waals surface area contributed by atoms with Crippen LogP contribution in [0, 0.1) is 0 Å². The standard InChI is InChI=1S/C15H12BrClN2O3/c16-9-1-4-11(5-2-9)22-8-14(20)19-10-3-6-13(17)12(7-10)15(18)21/h1-7H,8H2,(H2,18,21)(H,19,20). The van der Waals surface area contributed by atoms with Crippen molar-refractivity contribution in [3.8, 4) is 5.75 Å². The van der Waals surface area contributed by atoms with Gasteiger partial charge in [-0.25, -0.2) is 0 Å². The van der Waals surface area contributed by atoms with Crippen molar-refractivity contribution in [1.29, 1.82) is 0 Å². The van der Waals surface area contributed by atoms with Crippen LogP contribution in [0.25, 0.3) is 0 Å². The Morgan fingerprint density at radius 1 is 1.18 bits per heavy atom. The molecule has 0 saturated heterocycles. The molecule has 0 unspecified atom stereocenters. The Bertz CT molecular complexity index is 704. The largest absolute Gasteiger partial charge is 0.484 e. The lowest BCUT2D eigenvalue weighted by molar-refractivity contribution is -0.118. The quantitative estimate of drug-likeness (QED) is 0.832. The van der Waals surface area contributed by atoms with Gasteiger partial charge in [-0.05, 0) is 42.5 Å². The second kappa shape index (κ2) is 7.29. The molecule has 22 heavy (non-hydrogen) atoms. The van der Waals surface area contributed by atoms with Gasteiger partial charge in [-0.2, -0.15) is 0 Å². The SMILES string of the molecule is NC(=O)c1cc(NC(=O)COc2ccc(Br)cc2)ccc1Cl. The van der Waals surface area contributed by atoms with Crippen molar-refractivity contribution in [2.24, 2.45) is 5.73 Å². The van der Waals surface area contributed by atoms with Gasteiger partial charge in [0.2, 0.25) is 5.91 Å². The molecule has 3 N–H and O–H groups in total. The Balaban J connectivity index is 1.96. The summed E-state index contributed by atoms with van der Waals surface area (Å²) >= 11 is 9.15. The van der Waals surface area contributed by atoms with Crippen molar-refractivity contribution < 1.29 is 14.3 Å². The van der Waals surface area contributed by atoms with Gasteiger partial charge in [-0.3, -0.25) is 9.59 Å². The van der Waals surface area contributed by atoms with E-state index in [4.69, 9.17) is 22.1 Å². The molecule has 7 heteroatoms. The molecule has 2 aromatic carbocycles. The van der Waals surface area contributed by atoms with Crippen molar-refractivity contribution in [2.45, 2.75) is 0 Å². The van der Waals surface area contributed by atoms with Crippen LogP contribution < -0.4 is 15.8 Å². The van der Waals surface area contributed by atoms with E-state index >= 15 is 0 Å². The summed E-state index contributed by atoms with van der Waals surface area (Å²) in [6.45, 7) is -0.157. The zero-order valence-corrected chi connectivity index (χ0v) is 13.6. The van der Waals surface area contributed by atoms with E-state index in [0.717, 1.165) is 4.47 Å². The number of benzene rings is 2. The first-order valence-electron chi connectivity index (χ1n) is 6.23. The lowest BCUT2D eigenvalue weighted by Gasteiger charge is -2.09. The second-order valence-electron chi connectivity index (χ2n) is 4.35. The van der Waals surface area contributed by atoms with E-state index < -0.39 is 5.91 Å². The molecule has 5 nitrogen and oxygen atoms in total. The van der Waals surface area contributed by atoms with E-state index in [0.29, 0.717) is 11.4 Å². The molecular weight excluding hydrogens is 372 g/mol. The van der Waals surface area contributed by atoms with Crippen LogP contribution in [0.4, 0.5) is 5.69 Å². The van der Waals surface area contributed by atoms with E-state index in [2.05, 4.69) is 21.2 Å². The molecule has 0 aliphatic rings. The number of carbonyl (C=O) groups is 2. The molecular formula is C15H12BrClN2O3. The van der Waals surface area contributed by atoms with Gasteiger partial charge < -0.3 is 15.8 Å². The van der Waals surface area contributed by atoms with Crippen molar-refractivity contribution in [2.75, 3.05) is 11.9 Å². The maximum Gasteiger partial charge on any atom is 0.262 e. The first-order chi connectivity index (χ1) is 10.5. The predicted octanol–water partition coefficient (Wildman–Crippen LogP) is 3.22. The number of anilines is 1. The van der Waals surface area contributed by atoms with Gasteiger partial charge in [0.05, 0.1) is 10.6 Å². The van der Waals surface area contributed by atoms with Gasteiger partial charge in [0.1, 0.15) is 5.75 Å². The van der Waals surface area contributed by atoms with Gasteiger partial charge in [-0.1, -0.05) is 27.5 Å². The molecule has 0 bridgehead atoms. The predicted molar refractivity (Wildman–Crippen MR) is 88.2 cm³/mol. The van der Waals surface area contributed by atoms with E-state index in [-0.39, 0.29) is 23.1 Å². The Labute approximate surface area is 140 Å². The molecule has 2 aromatic rings. The van der Waals surface area contributed by atoms with Crippen LogP contribution in [0.1, 0.15) is 10.4 Å². The Morgan fingerprint density at radius 2 is 1.86 bits per heavy atom. The lowest BCUT2D eigenvalue weighted by Crippen LogP contribution is -2.20. The Kier molecular flexibility index (Phi) is 5.41. The number of rotatable bonds is 5. The summed E-state index contributed by atoms with van der Waals surface area (Å²) in [5.41, 5.74) is 5.76. The van der Waals surface area contributed by atoms with Gasteiger partial charge in [-0.15, -0.1) is 0 Å². The summed E-state index contributed by atoms with van der Waals surface area (Å²) < 4.78 is 6.27. The van der Waals surface area contributed by atoms with Crippen molar-refractivity contribution in [1.82, 2.24) is 0 Å². The van der Waals surface area contributed by atoms with Crippen molar-refractivity contribution in [3.05, 3.63) is 57.5 Å². The summed E-state index contributed by atoms with van der Waals surface area (Å²) in [5.74, 6) is -0.444. The van der Waals surface area contributed by atoms with Gasteiger partial charge in [0, 0.05) is 10.2 Å². The molecule has 0 atom stereocenters. The maximum absolute atomic E-state index is 11.8. The average Bonchev–Trinajstić information content (AvgIpc) is 2.48. The van der Waals surface area contributed by atoms with Crippen LogP contribution in [0.3, 0.4) is 0 Å². The number of hydrogen-bond acceptors (Lipinski definition) is 3. The fraction of sp³-hybridized carbons (Fsp3) is 0.0667. The van der Waals surface area contributed by atoms with E-state index in [1.165, 1.54) is 12.1 Å². The zero-order valence-electron chi connectivity index (χ0n) is 11.3. The molecule has 2 rings (SSSR count). The number of primary amides is 1. The fourth-order valence-electron chi connectivity index (χ4n) is 1.67. The van der Waals surface area contributed by atoms with Crippen LogP contribution in [0.5, 0.6) is 5.75 Å². The van der Waals surface area contributed by atoms with Gasteiger partial charge >= 0.3 is 0 Å². The number of ether oxygens (including phenoxy) is 1. The number of hydrogen-bond donors (Lipinski definition) is 2. The van der Waals surface area contributed by atoms with Crippen LogP contribution in [-0.2, 0) is 4.79 Å². The summed E-state index contributed by atoms with van der Waals surface area (Å²) in [6, 6.07) is 11.6. The number of nitrogens with two attached hydrogens (primary N) is 1. The number of halogens is 2. The second-order valence-corrected chi connectivity index (χ2v) is 5.67. The third kappa shape index (κ3) is 4.47. The highest BCUT2D eigenvalue weighted by atomic mass is 79.9. The van der Waals surface area contributed by atoms with Crippen LogP contribution >= 0.6 is 27.5 Å². The van der Waals surface area contributed by atoms with Crippen LogP contribution in [0.15, 0.2) is 46.9 Å². The zero-order chi connectivity index (χ0) is 16.1. The highest BCUT2D eigenvalue weighted by Gasteiger charge is 2.10. The molecule has 0 radical (unpaired) electrons. The van der Waals surface area contributed by atoms with Crippen LogP contribution in [-0.4, -0.2) is 18.4 Å². The number of carbonyl (C=O) groups excluding carboxylic acids is 2. The first kappa shape index (κ1) is 16.3. The number of amides is 2. The summed E-state index contributed by atoms with van der Waals surface area (Å²) in [5, 5.41) is 2.84. The van der Waals surface area contributed by atoms with Gasteiger partial charge in [0.15, 0.2) is 6.61 Å². The van der Waals surface area contributed by atoms with Crippen LogP contribution in [0.2, 0.25) is 5.02 Å². The minimum atomic E-state index is -0.660. The van der Waals surface area contributed by atoms with Crippen molar-refractivity contribution in [3.63, 3.8) is 0 Å². The normalized spacial score (nSPS) is 10.1. The summed E-state index contributed by atoms with van der Waals surface area (Å²) in [6.07, 6.45) is 0. The summed E-state index contributed by atoms with van der Waals surface area (Å²) in [4.78, 5) is 23.0. The highest BCUT2D eigenvalue weighted by molar-refractivity contribution is 9.10. The molecule has 0 aliphatic carbocycles. The van der Waals surface area contributed by atoms with E-state index in [1.54, 1.807) is 18.2 Å². The smallest absolute Gasteiger partial charge is 0.262 e. The summed E-state index contributed by atoms with van der Waals surface area (Å²) in [7, 11) is 0. The molecule has 2 amide bonds. The topological polar surface area (TPSA) is 81.4 Å². The molecule has 0 aromatic heterocycles. The molecule has 0 fully saturated rings. The van der Waals surface area contributed by atoms with Crippen molar-refractivity contribution >= 4 is 45.0 Å². The highest BCUT2D eigenvalue weighted by Crippen LogP contribution is 2.20. The average molecular weight is 384 g/mol. The third-order valence-electron chi connectivity index (χ3n) is 2.70. The Morgan fingerprint density at radius 3 is 2.50 bits per heavy atom. The molecule has 0 spiro atoms. The van der Waals surface area contributed by atoms with E-state index in [1.807, 2.05) is 12.1 Å². The molecule has 0 aliphatic heterocycles. The minimum Gasteiger partial charge on any atom is -0.484 e. The first-order valence-corrected chi connectivity index (χ1v) is 7.40. The molecule has 0 saturated carbocycles. The minimum absolute atomic E-state index is 0.147. The maximum atomic E-state index is 11.8.